The van der Waals surface area contributed by atoms with Gasteiger partial charge in [0.05, 0.1) is 17.1 Å². The zero-order valence-corrected chi connectivity index (χ0v) is 17.2. The lowest BCUT2D eigenvalue weighted by Crippen LogP contribution is -2.19. The monoisotopic (exact) mass is 388 g/mol. The van der Waals surface area contributed by atoms with Crippen LogP contribution in [0.25, 0.3) is 11.3 Å². The lowest BCUT2D eigenvalue weighted by Gasteiger charge is -2.11. The number of benzene rings is 2. The summed E-state index contributed by atoms with van der Waals surface area (Å²) in [6.07, 6.45) is 1.91. The van der Waals surface area contributed by atoms with Gasteiger partial charge in [-0.1, -0.05) is 44.2 Å². The zero-order chi connectivity index (χ0) is 20.8. The van der Waals surface area contributed by atoms with Crippen LogP contribution in [0.3, 0.4) is 0 Å². The minimum Gasteiger partial charge on any atom is -0.397 e. The summed E-state index contributed by atoms with van der Waals surface area (Å²) in [5.41, 5.74) is 11.8. The van der Waals surface area contributed by atoms with Crippen LogP contribution >= 0.6 is 0 Å². The maximum absolute atomic E-state index is 12.5. The number of nitrogen functional groups attached to an aromatic ring is 1. The topological polar surface area (TPSA) is 80.0 Å². The standard InChI is InChI=1S/C24H28N4O/c1-16(2)13-26-14-18-12-17(3)23(27-15-18)19-8-10-20(11-9-19)24(29)28-22-7-5-4-6-21(22)25/h4-12,15-16,26H,13-14,25H2,1-3H3,(H,28,29). The van der Waals surface area contributed by atoms with Gasteiger partial charge in [0.2, 0.25) is 0 Å². The van der Waals surface area contributed by atoms with Crippen molar-refractivity contribution in [3.8, 4) is 11.3 Å². The number of hydrogen-bond donors (Lipinski definition) is 3. The van der Waals surface area contributed by atoms with Gasteiger partial charge in [-0.2, -0.15) is 0 Å². The van der Waals surface area contributed by atoms with E-state index in [1.165, 1.54) is 5.56 Å². The Hall–Kier alpha value is -3.18. The van der Waals surface area contributed by atoms with Gasteiger partial charge < -0.3 is 16.4 Å². The predicted molar refractivity (Wildman–Crippen MR) is 120 cm³/mol. The smallest absolute Gasteiger partial charge is 0.255 e. The molecule has 0 spiro atoms. The molecule has 0 atom stereocenters. The number of carbonyl (C=O) groups excluding carboxylic acids is 1. The second-order valence-corrected chi connectivity index (χ2v) is 7.65. The summed E-state index contributed by atoms with van der Waals surface area (Å²) >= 11 is 0. The first-order valence-corrected chi connectivity index (χ1v) is 9.86. The number of nitrogens with two attached hydrogens (primary N) is 1. The Labute approximate surface area is 172 Å². The summed E-state index contributed by atoms with van der Waals surface area (Å²) in [5.74, 6) is 0.433. The minimum absolute atomic E-state index is 0.189. The number of nitrogens with zero attached hydrogens (tertiary/aromatic N) is 1. The summed E-state index contributed by atoms with van der Waals surface area (Å²) in [7, 11) is 0. The molecule has 0 aliphatic carbocycles. The van der Waals surface area contributed by atoms with Crippen molar-refractivity contribution >= 4 is 17.3 Å². The number of aromatic nitrogens is 1. The molecule has 2 aromatic carbocycles. The van der Waals surface area contributed by atoms with Crippen LogP contribution in [0.15, 0.2) is 60.8 Å². The third kappa shape index (κ3) is 5.42. The summed E-state index contributed by atoms with van der Waals surface area (Å²) in [5, 5.41) is 6.28. The third-order valence-corrected chi connectivity index (χ3v) is 4.65. The SMILES string of the molecule is Cc1cc(CNCC(C)C)cnc1-c1ccc(C(=O)Nc2ccccc2N)cc1. The Balaban J connectivity index is 1.69. The van der Waals surface area contributed by atoms with Gasteiger partial charge >= 0.3 is 0 Å². The van der Waals surface area contributed by atoms with Crippen LogP contribution in [0.5, 0.6) is 0 Å². The Kier molecular flexibility index (Phi) is 6.62. The fourth-order valence-corrected chi connectivity index (χ4v) is 3.12. The van der Waals surface area contributed by atoms with Crippen LogP contribution in [-0.4, -0.2) is 17.4 Å². The molecule has 1 aromatic heterocycles. The van der Waals surface area contributed by atoms with Crippen molar-refractivity contribution in [2.24, 2.45) is 5.92 Å². The Morgan fingerprint density at radius 2 is 1.83 bits per heavy atom. The second kappa shape index (κ2) is 9.34. The van der Waals surface area contributed by atoms with Crippen molar-refractivity contribution in [2.45, 2.75) is 27.3 Å². The molecule has 29 heavy (non-hydrogen) atoms. The molecule has 0 bridgehead atoms. The van der Waals surface area contributed by atoms with Crippen LogP contribution in [0, 0.1) is 12.8 Å². The lowest BCUT2D eigenvalue weighted by molar-refractivity contribution is 0.102. The van der Waals surface area contributed by atoms with Crippen LogP contribution in [0.2, 0.25) is 0 Å². The molecular formula is C24H28N4O. The van der Waals surface area contributed by atoms with Crippen molar-refractivity contribution in [3.63, 3.8) is 0 Å². The number of hydrogen-bond acceptors (Lipinski definition) is 4. The first kappa shape index (κ1) is 20.6. The maximum Gasteiger partial charge on any atom is 0.255 e. The summed E-state index contributed by atoms with van der Waals surface area (Å²) in [6, 6.07) is 16.8. The highest BCUT2D eigenvalue weighted by Crippen LogP contribution is 2.23. The molecule has 0 unspecified atom stereocenters. The number of amides is 1. The Morgan fingerprint density at radius 3 is 2.48 bits per heavy atom. The van der Waals surface area contributed by atoms with E-state index in [9.17, 15) is 4.79 Å². The molecule has 0 aliphatic heterocycles. The molecule has 0 aliphatic rings. The zero-order valence-electron chi connectivity index (χ0n) is 17.2. The number of pyridine rings is 1. The van der Waals surface area contributed by atoms with Crippen LogP contribution in [0.4, 0.5) is 11.4 Å². The molecular weight excluding hydrogens is 360 g/mol. The van der Waals surface area contributed by atoms with Crippen LogP contribution in [0.1, 0.15) is 35.3 Å². The largest absolute Gasteiger partial charge is 0.397 e. The molecule has 1 heterocycles. The molecule has 0 fully saturated rings. The van der Waals surface area contributed by atoms with Gasteiger partial charge in [-0.25, -0.2) is 0 Å². The Bertz CT molecular complexity index is 980. The van der Waals surface area contributed by atoms with Crippen molar-refractivity contribution in [1.29, 1.82) is 0 Å². The highest BCUT2D eigenvalue weighted by molar-refractivity contribution is 6.05. The maximum atomic E-state index is 12.5. The number of carbonyl (C=O) groups is 1. The van der Waals surface area contributed by atoms with Gasteiger partial charge in [0.25, 0.3) is 5.91 Å². The third-order valence-electron chi connectivity index (χ3n) is 4.65. The van der Waals surface area contributed by atoms with Crippen LogP contribution in [-0.2, 0) is 6.54 Å². The van der Waals surface area contributed by atoms with Crippen molar-refractivity contribution < 1.29 is 4.79 Å². The van der Waals surface area contributed by atoms with Gasteiger partial charge in [-0.3, -0.25) is 9.78 Å². The number of anilines is 2. The van der Waals surface area contributed by atoms with E-state index >= 15 is 0 Å². The molecule has 3 rings (SSSR count). The molecule has 0 saturated carbocycles. The van der Waals surface area contributed by atoms with Crippen molar-refractivity contribution in [3.05, 3.63) is 77.5 Å². The van der Waals surface area contributed by atoms with E-state index in [0.717, 1.165) is 29.9 Å². The van der Waals surface area contributed by atoms with Gasteiger partial charge in [0.15, 0.2) is 0 Å². The second-order valence-electron chi connectivity index (χ2n) is 7.65. The first-order valence-electron chi connectivity index (χ1n) is 9.86. The van der Waals surface area contributed by atoms with Gasteiger partial charge in [-0.05, 0) is 54.8 Å². The Morgan fingerprint density at radius 1 is 1.10 bits per heavy atom. The van der Waals surface area contributed by atoms with Crippen molar-refractivity contribution in [2.75, 3.05) is 17.6 Å². The predicted octanol–water partition coefficient (Wildman–Crippen LogP) is 4.64. The number of nitrogens with one attached hydrogen (secondary N) is 2. The highest BCUT2D eigenvalue weighted by atomic mass is 16.1. The van der Waals surface area contributed by atoms with Gasteiger partial charge in [-0.15, -0.1) is 0 Å². The molecule has 0 radical (unpaired) electrons. The summed E-state index contributed by atoms with van der Waals surface area (Å²) < 4.78 is 0. The van der Waals surface area contributed by atoms with Crippen molar-refractivity contribution in [1.82, 2.24) is 10.3 Å². The van der Waals surface area contributed by atoms with E-state index in [4.69, 9.17) is 5.73 Å². The number of para-hydroxylation sites is 2. The minimum atomic E-state index is -0.189. The molecule has 4 N–H and O–H groups in total. The van der Waals surface area contributed by atoms with Gasteiger partial charge in [0.1, 0.15) is 0 Å². The van der Waals surface area contributed by atoms with Crippen LogP contribution < -0.4 is 16.4 Å². The number of aryl methyl sites for hydroxylation is 1. The van der Waals surface area contributed by atoms with Gasteiger partial charge in [0, 0.05) is 23.9 Å². The fourth-order valence-electron chi connectivity index (χ4n) is 3.12. The molecule has 150 valence electrons. The molecule has 3 aromatic rings. The highest BCUT2D eigenvalue weighted by Gasteiger charge is 2.10. The van der Waals surface area contributed by atoms with E-state index in [-0.39, 0.29) is 5.91 Å². The summed E-state index contributed by atoms with van der Waals surface area (Å²) in [6.45, 7) is 8.25. The average Bonchev–Trinajstić information content (AvgIpc) is 2.70. The van der Waals surface area contributed by atoms with E-state index < -0.39 is 0 Å². The quantitative estimate of drug-likeness (QED) is 0.515. The van der Waals surface area contributed by atoms with E-state index in [0.29, 0.717) is 22.9 Å². The molecule has 5 heteroatoms. The molecule has 1 amide bonds. The van der Waals surface area contributed by atoms with E-state index in [1.54, 1.807) is 12.1 Å². The van der Waals surface area contributed by atoms with E-state index in [2.05, 4.69) is 42.5 Å². The van der Waals surface area contributed by atoms with E-state index in [1.807, 2.05) is 42.6 Å². The normalized spacial score (nSPS) is 10.9. The lowest BCUT2D eigenvalue weighted by atomic mass is 10.0. The number of rotatable bonds is 7. The summed E-state index contributed by atoms with van der Waals surface area (Å²) in [4.78, 5) is 17.1. The molecule has 5 nitrogen and oxygen atoms in total. The average molecular weight is 389 g/mol. The fraction of sp³-hybridized carbons (Fsp3) is 0.250. The first-order chi connectivity index (χ1) is 13.9. The molecule has 0 saturated heterocycles.